The Labute approximate surface area is 150 Å². The zero-order chi connectivity index (χ0) is 17.7. The van der Waals surface area contributed by atoms with Crippen molar-refractivity contribution in [3.8, 4) is 11.5 Å². The monoisotopic (exact) mass is 369 g/mol. The van der Waals surface area contributed by atoms with E-state index >= 15 is 0 Å². The Balaban J connectivity index is 2.24. The van der Waals surface area contributed by atoms with Gasteiger partial charge in [0.25, 0.3) is 0 Å². The Morgan fingerprint density at radius 3 is 2.54 bits per heavy atom. The molecular formula is C17H17Cl2NO4. The summed E-state index contributed by atoms with van der Waals surface area (Å²) in [4.78, 5) is 11.1. The predicted octanol–water partition coefficient (Wildman–Crippen LogP) is 4.71. The van der Waals surface area contributed by atoms with E-state index in [0.717, 1.165) is 5.56 Å². The molecule has 0 saturated heterocycles. The van der Waals surface area contributed by atoms with Gasteiger partial charge in [-0.15, -0.1) is 0 Å². The van der Waals surface area contributed by atoms with Crippen molar-refractivity contribution in [3.63, 3.8) is 0 Å². The van der Waals surface area contributed by atoms with Crippen LogP contribution in [0.5, 0.6) is 11.5 Å². The summed E-state index contributed by atoms with van der Waals surface area (Å²) in [6, 6.07) is 7.93. The predicted molar refractivity (Wildman–Crippen MR) is 94.9 cm³/mol. The maximum absolute atomic E-state index is 11.1. The van der Waals surface area contributed by atoms with Crippen molar-refractivity contribution >= 4 is 34.9 Å². The molecule has 0 spiro atoms. The Morgan fingerprint density at radius 1 is 1.17 bits per heavy atom. The topological polar surface area (TPSA) is 67.8 Å². The van der Waals surface area contributed by atoms with Crippen LogP contribution in [0, 0.1) is 0 Å². The average molecular weight is 370 g/mol. The molecule has 0 bridgehead atoms. The average Bonchev–Trinajstić information content (AvgIpc) is 2.56. The molecule has 2 aromatic carbocycles. The maximum Gasteiger partial charge on any atom is 0.335 e. The lowest BCUT2D eigenvalue weighted by Crippen LogP contribution is -2.04. The molecule has 24 heavy (non-hydrogen) atoms. The second kappa shape index (κ2) is 8.13. The van der Waals surface area contributed by atoms with Gasteiger partial charge < -0.3 is 19.9 Å². The van der Waals surface area contributed by atoms with Gasteiger partial charge in [0.05, 0.1) is 30.0 Å². The van der Waals surface area contributed by atoms with Gasteiger partial charge in [-0.25, -0.2) is 4.79 Å². The third kappa shape index (κ3) is 4.24. The van der Waals surface area contributed by atoms with Crippen molar-refractivity contribution in [1.82, 2.24) is 0 Å². The number of aromatic carboxylic acids is 1. The first-order valence-corrected chi connectivity index (χ1v) is 7.97. The summed E-state index contributed by atoms with van der Waals surface area (Å²) in [5.74, 6) is 0.124. The van der Waals surface area contributed by atoms with E-state index in [1.165, 1.54) is 18.2 Å². The Bertz CT molecular complexity index is 750. The molecule has 2 N–H and O–H groups in total. The van der Waals surface area contributed by atoms with Gasteiger partial charge in [-0.2, -0.15) is 0 Å². The van der Waals surface area contributed by atoms with Crippen molar-refractivity contribution in [2.75, 3.05) is 19.0 Å². The fourth-order valence-corrected chi connectivity index (χ4v) is 2.53. The first-order chi connectivity index (χ1) is 11.5. The molecule has 0 amide bonds. The van der Waals surface area contributed by atoms with E-state index in [0.29, 0.717) is 40.4 Å². The van der Waals surface area contributed by atoms with Gasteiger partial charge in [0.15, 0.2) is 11.5 Å². The number of carboxylic acid groups (broad SMARTS) is 1. The first kappa shape index (κ1) is 18.2. The molecule has 0 fully saturated rings. The van der Waals surface area contributed by atoms with E-state index in [4.69, 9.17) is 37.8 Å². The fourth-order valence-electron chi connectivity index (χ4n) is 2.12. The summed E-state index contributed by atoms with van der Waals surface area (Å²) >= 11 is 12.4. The molecule has 0 aliphatic carbocycles. The van der Waals surface area contributed by atoms with Crippen molar-refractivity contribution in [3.05, 3.63) is 51.5 Å². The number of nitrogens with one attached hydrogen (secondary N) is 1. The van der Waals surface area contributed by atoms with Crippen molar-refractivity contribution < 1.29 is 19.4 Å². The van der Waals surface area contributed by atoms with Crippen LogP contribution in [0.2, 0.25) is 10.0 Å². The highest BCUT2D eigenvalue weighted by molar-refractivity contribution is 6.33. The largest absolute Gasteiger partial charge is 0.493 e. The maximum atomic E-state index is 11.1. The molecule has 5 nitrogen and oxygen atoms in total. The Kier molecular flexibility index (Phi) is 6.17. The number of ether oxygens (including phenoxy) is 2. The van der Waals surface area contributed by atoms with Crippen molar-refractivity contribution in [2.45, 2.75) is 13.5 Å². The standard InChI is InChI=1S/C17H17Cl2NO4/c1-3-24-16-7-11(13(19)8-15(16)23-2)9-20-14-6-10(17(21)22)4-5-12(14)18/h4-8,20H,3,9H2,1-2H3,(H,21,22). The zero-order valence-electron chi connectivity index (χ0n) is 13.2. The number of halogens is 2. The smallest absolute Gasteiger partial charge is 0.335 e. The van der Waals surface area contributed by atoms with E-state index in [1.807, 2.05) is 6.92 Å². The summed E-state index contributed by atoms with van der Waals surface area (Å²) in [6.45, 7) is 2.73. The van der Waals surface area contributed by atoms with Gasteiger partial charge >= 0.3 is 5.97 Å². The van der Waals surface area contributed by atoms with Crippen LogP contribution >= 0.6 is 23.2 Å². The SMILES string of the molecule is CCOc1cc(CNc2cc(C(=O)O)ccc2Cl)c(Cl)cc1OC. The Hall–Kier alpha value is -2.11. The highest BCUT2D eigenvalue weighted by Crippen LogP contribution is 2.34. The minimum Gasteiger partial charge on any atom is -0.493 e. The third-order valence-electron chi connectivity index (χ3n) is 3.32. The van der Waals surface area contributed by atoms with E-state index in [1.54, 1.807) is 19.2 Å². The number of carbonyl (C=O) groups is 1. The molecular weight excluding hydrogens is 353 g/mol. The first-order valence-electron chi connectivity index (χ1n) is 7.22. The van der Waals surface area contributed by atoms with Crippen LogP contribution in [-0.2, 0) is 6.54 Å². The lowest BCUT2D eigenvalue weighted by molar-refractivity contribution is 0.0697. The minimum atomic E-state index is -1.02. The van der Waals surface area contributed by atoms with Crippen LogP contribution in [0.3, 0.4) is 0 Å². The lowest BCUT2D eigenvalue weighted by Gasteiger charge is -2.14. The van der Waals surface area contributed by atoms with Crippen LogP contribution in [0.1, 0.15) is 22.8 Å². The highest BCUT2D eigenvalue weighted by atomic mass is 35.5. The molecule has 128 valence electrons. The number of hydrogen-bond acceptors (Lipinski definition) is 4. The van der Waals surface area contributed by atoms with E-state index < -0.39 is 5.97 Å². The fraction of sp³-hybridized carbons (Fsp3) is 0.235. The summed E-state index contributed by atoms with van der Waals surface area (Å²) in [7, 11) is 1.54. The van der Waals surface area contributed by atoms with Gasteiger partial charge in [-0.3, -0.25) is 0 Å². The summed E-state index contributed by atoms with van der Waals surface area (Å²) in [5, 5.41) is 13.1. The van der Waals surface area contributed by atoms with Crippen LogP contribution in [0.4, 0.5) is 5.69 Å². The lowest BCUT2D eigenvalue weighted by atomic mass is 10.1. The van der Waals surface area contributed by atoms with Crippen LogP contribution in [0.15, 0.2) is 30.3 Å². The molecule has 0 aliphatic heterocycles. The van der Waals surface area contributed by atoms with E-state index in [9.17, 15) is 4.79 Å². The molecule has 0 aromatic heterocycles. The minimum absolute atomic E-state index is 0.151. The van der Waals surface area contributed by atoms with E-state index in [2.05, 4.69) is 5.32 Å². The third-order valence-corrected chi connectivity index (χ3v) is 4.00. The summed E-state index contributed by atoms with van der Waals surface area (Å²) in [5.41, 5.74) is 1.44. The normalized spacial score (nSPS) is 10.3. The number of carboxylic acids is 1. The zero-order valence-corrected chi connectivity index (χ0v) is 14.7. The number of rotatable bonds is 7. The number of hydrogen-bond donors (Lipinski definition) is 2. The molecule has 0 saturated carbocycles. The molecule has 2 rings (SSSR count). The number of benzene rings is 2. The van der Waals surface area contributed by atoms with Crippen LogP contribution < -0.4 is 14.8 Å². The molecule has 0 unspecified atom stereocenters. The van der Waals surface area contributed by atoms with Gasteiger partial charge in [-0.05, 0) is 36.8 Å². The van der Waals surface area contributed by atoms with Crippen molar-refractivity contribution in [2.24, 2.45) is 0 Å². The summed E-state index contributed by atoms with van der Waals surface area (Å²) in [6.07, 6.45) is 0. The second-order valence-corrected chi connectivity index (χ2v) is 5.70. The van der Waals surface area contributed by atoms with Crippen LogP contribution in [0.25, 0.3) is 0 Å². The van der Waals surface area contributed by atoms with Gasteiger partial charge in [-0.1, -0.05) is 23.2 Å². The molecule has 2 aromatic rings. The van der Waals surface area contributed by atoms with Gasteiger partial charge in [0.2, 0.25) is 0 Å². The Morgan fingerprint density at radius 2 is 1.92 bits per heavy atom. The molecule has 0 radical (unpaired) electrons. The number of anilines is 1. The molecule has 0 aliphatic rings. The molecule has 7 heteroatoms. The van der Waals surface area contributed by atoms with Crippen LogP contribution in [-0.4, -0.2) is 24.8 Å². The van der Waals surface area contributed by atoms with Gasteiger partial charge in [0, 0.05) is 17.6 Å². The summed E-state index contributed by atoms with van der Waals surface area (Å²) < 4.78 is 10.8. The quantitative estimate of drug-likeness (QED) is 0.739. The van der Waals surface area contributed by atoms with E-state index in [-0.39, 0.29) is 5.56 Å². The van der Waals surface area contributed by atoms with Gasteiger partial charge in [0.1, 0.15) is 0 Å². The molecule has 0 heterocycles. The molecule has 0 atom stereocenters. The second-order valence-electron chi connectivity index (χ2n) is 4.88. The van der Waals surface area contributed by atoms with Crippen molar-refractivity contribution in [1.29, 1.82) is 0 Å². The number of methoxy groups -OCH3 is 1. The highest BCUT2D eigenvalue weighted by Gasteiger charge is 2.12.